The fourth-order valence-electron chi connectivity index (χ4n) is 5.04. The lowest BCUT2D eigenvalue weighted by Crippen LogP contribution is -2.33. The number of carbonyl (C=O) groups is 3. The number of alkyl halides is 3. The maximum atomic E-state index is 13.8. The summed E-state index contributed by atoms with van der Waals surface area (Å²) in [5.74, 6) is -3.74. The van der Waals surface area contributed by atoms with E-state index in [1.807, 2.05) is 0 Å². The predicted octanol–water partition coefficient (Wildman–Crippen LogP) is 5.42. The van der Waals surface area contributed by atoms with Crippen LogP contribution >= 0.6 is 34.4 Å². The zero-order chi connectivity index (χ0) is 28.2. The number of hydrogen-bond donors (Lipinski definition) is 1. The van der Waals surface area contributed by atoms with Gasteiger partial charge in [0.15, 0.2) is 0 Å². The lowest BCUT2D eigenvalue weighted by atomic mass is 9.87. The van der Waals surface area contributed by atoms with E-state index in [9.17, 15) is 32.3 Å². The van der Waals surface area contributed by atoms with Crippen LogP contribution in [0.3, 0.4) is 0 Å². The van der Waals surface area contributed by atoms with E-state index in [1.165, 1.54) is 28.0 Å². The summed E-state index contributed by atoms with van der Waals surface area (Å²) in [6.07, 6.45) is -4.78. The summed E-state index contributed by atoms with van der Waals surface area (Å²) in [6.45, 7) is -0.329. The minimum Gasteiger partial charge on any atom is -0.325 e. The Kier molecular flexibility index (Phi) is 6.67. The van der Waals surface area contributed by atoms with Crippen LogP contribution in [0.25, 0.3) is 0 Å². The van der Waals surface area contributed by atoms with Crippen molar-refractivity contribution >= 4 is 63.5 Å². The Morgan fingerprint density at radius 2 is 1.65 bits per heavy atom. The van der Waals surface area contributed by atoms with Gasteiger partial charge < -0.3 is 5.32 Å². The first kappa shape index (κ1) is 26.5. The third kappa shape index (κ3) is 4.47. The number of imide groups is 1. The number of thiophene rings is 1. The fourth-order valence-corrected chi connectivity index (χ4v) is 8.76. The van der Waals surface area contributed by atoms with E-state index < -0.39 is 57.1 Å². The molecule has 0 bridgehead atoms. The van der Waals surface area contributed by atoms with Crippen LogP contribution in [0.15, 0.2) is 81.9 Å². The highest BCUT2D eigenvalue weighted by atomic mass is 32.2. The monoisotopic (exact) mass is 601 g/mol. The second-order valence-corrected chi connectivity index (χ2v) is 12.2. The van der Waals surface area contributed by atoms with Crippen molar-refractivity contribution in [2.45, 2.75) is 28.9 Å². The highest BCUT2D eigenvalue weighted by Gasteiger charge is 2.58. The fraction of sp³-hybridized carbons (Fsp3) is 0.185. The van der Waals surface area contributed by atoms with Crippen molar-refractivity contribution in [3.05, 3.63) is 97.1 Å². The molecule has 204 valence electrons. The van der Waals surface area contributed by atoms with Crippen molar-refractivity contribution in [2.24, 2.45) is 5.92 Å². The molecule has 2 aliphatic rings. The molecule has 0 spiro atoms. The SMILES string of the molecule is O=C(Cn1c2c(sc1=O)[C@H](c1cccs1)C1C(=O)N(c3ccccc3C(F)(F)F)C(=O)C1S2)Nc1ccccc1. The van der Waals surface area contributed by atoms with E-state index in [-0.39, 0.29) is 6.54 Å². The molecule has 1 fully saturated rings. The maximum Gasteiger partial charge on any atom is 0.418 e. The number of carbonyl (C=O) groups excluding carboxylic acids is 3. The molecule has 3 amide bonds. The van der Waals surface area contributed by atoms with Crippen LogP contribution in [0.1, 0.15) is 21.2 Å². The van der Waals surface area contributed by atoms with Crippen LogP contribution in [-0.2, 0) is 27.1 Å². The second-order valence-electron chi connectivity index (χ2n) is 9.12. The Bertz CT molecular complexity index is 1680. The van der Waals surface area contributed by atoms with E-state index >= 15 is 0 Å². The minimum absolute atomic E-state index is 0.329. The number of thiazole rings is 1. The van der Waals surface area contributed by atoms with Crippen molar-refractivity contribution in [3.63, 3.8) is 0 Å². The summed E-state index contributed by atoms with van der Waals surface area (Å²) in [4.78, 5) is 54.9. The second kappa shape index (κ2) is 10.1. The zero-order valence-corrected chi connectivity index (χ0v) is 22.7. The number of halogens is 3. The minimum atomic E-state index is -4.78. The maximum absolute atomic E-state index is 13.8. The van der Waals surface area contributed by atoms with Crippen LogP contribution in [-0.4, -0.2) is 27.5 Å². The summed E-state index contributed by atoms with van der Waals surface area (Å²) in [7, 11) is 0. The molecule has 4 heterocycles. The summed E-state index contributed by atoms with van der Waals surface area (Å²) in [5.41, 5.74) is -1.06. The average Bonchev–Trinajstić information content (AvgIpc) is 3.61. The number of rotatable bonds is 5. The first-order valence-electron chi connectivity index (χ1n) is 12.0. The Morgan fingerprint density at radius 3 is 2.35 bits per heavy atom. The Hall–Kier alpha value is -3.68. The number of para-hydroxylation sites is 2. The molecule has 4 aromatic rings. The molecule has 1 N–H and O–H groups in total. The van der Waals surface area contributed by atoms with Crippen molar-refractivity contribution in [1.29, 1.82) is 0 Å². The van der Waals surface area contributed by atoms with Gasteiger partial charge >= 0.3 is 11.0 Å². The van der Waals surface area contributed by atoms with E-state index in [0.29, 0.717) is 25.4 Å². The molecule has 0 aliphatic carbocycles. The number of nitrogens with zero attached hydrogens (tertiary/aromatic N) is 2. The molecule has 2 unspecified atom stereocenters. The number of nitrogens with one attached hydrogen (secondary N) is 1. The predicted molar refractivity (Wildman–Crippen MR) is 147 cm³/mol. The third-order valence-electron chi connectivity index (χ3n) is 6.71. The molecule has 2 aromatic carbocycles. The summed E-state index contributed by atoms with van der Waals surface area (Å²) in [6, 6.07) is 16.7. The Labute approximate surface area is 237 Å². The number of anilines is 2. The standard InChI is InChI=1S/C27H18F3N3O4S3/c28-27(29,30)15-9-4-5-10-16(15)33-23(35)20-19(17-11-6-12-38-17)22-25(39-21(20)24(33)36)32(26(37)40-22)13-18(34)31-14-7-2-1-3-8-14/h1-12,19-21H,13H2,(H,31,34)/t19-,20?,21?/m1/s1. The van der Waals surface area contributed by atoms with Crippen LogP contribution in [0.2, 0.25) is 0 Å². The van der Waals surface area contributed by atoms with Crippen LogP contribution in [0, 0.1) is 5.92 Å². The number of amides is 3. The summed E-state index contributed by atoms with van der Waals surface area (Å²) >= 11 is 3.16. The first-order valence-corrected chi connectivity index (χ1v) is 14.5. The molecule has 6 rings (SSSR count). The van der Waals surface area contributed by atoms with Gasteiger partial charge in [0, 0.05) is 21.4 Å². The lowest BCUT2D eigenvalue weighted by Gasteiger charge is -2.29. The van der Waals surface area contributed by atoms with E-state index in [2.05, 4.69) is 5.32 Å². The van der Waals surface area contributed by atoms with Crippen molar-refractivity contribution in [1.82, 2.24) is 4.57 Å². The molecule has 3 atom stereocenters. The van der Waals surface area contributed by atoms with Gasteiger partial charge in [-0.1, -0.05) is 59.5 Å². The highest BCUT2D eigenvalue weighted by Crippen LogP contribution is 2.55. The number of benzene rings is 2. The van der Waals surface area contributed by atoms with Crippen LogP contribution in [0.4, 0.5) is 24.5 Å². The quantitative estimate of drug-likeness (QED) is 0.309. The van der Waals surface area contributed by atoms with Gasteiger partial charge in [0.05, 0.1) is 22.2 Å². The lowest BCUT2D eigenvalue weighted by molar-refractivity contribution is -0.137. The average molecular weight is 602 g/mol. The van der Waals surface area contributed by atoms with E-state index in [1.54, 1.807) is 47.8 Å². The highest BCUT2D eigenvalue weighted by molar-refractivity contribution is 8.00. The normalized spacial score (nSPS) is 20.4. The first-order chi connectivity index (χ1) is 19.1. The number of hydrogen-bond acceptors (Lipinski definition) is 7. The smallest absolute Gasteiger partial charge is 0.325 e. The molecular formula is C27H18F3N3O4S3. The molecule has 0 radical (unpaired) electrons. The molecule has 2 aliphatic heterocycles. The van der Waals surface area contributed by atoms with Gasteiger partial charge in [0.2, 0.25) is 17.7 Å². The van der Waals surface area contributed by atoms with Crippen molar-refractivity contribution < 1.29 is 27.6 Å². The largest absolute Gasteiger partial charge is 0.418 e. The van der Waals surface area contributed by atoms with Gasteiger partial charge in [-0.2, -0.15) is 13.2 Å². The van der Waals surface area contributed by atoms with E-state index in [0.717, 1.165) is 35.2 Å². The molecule has 13 heteroatoms. The van der Waals surface area contributed by atoms with Gasteiger partial charge in [-0.3, -0.25) is 23.7 Å². The topological polar surface area (TPSA) is 88.5 Å². The molecular weight excluding hydrogens is 584 g/mol. The van der Waals surface area contributed by atoms with Gasteiger partial charge in [0.1, 0.15) is 11.8 Å². The van der Waals surface area contributed by atoms with Gasteiger partial charge in [-0.25, -0.2) is 4.90 Å². The van der Waals surface area contributed by atoms with Crippen molar-refractivity contribution in [2.75, 3.05) is 10.2 Å². The molecule has 7 nitrogen and oxygen atoms in total. The Balaban J connectivity index is 1.41. The van der Waals surface area contributed by atoms with Gasteiger partial charge in [-0.05, 0) is 35.7 Å². The summed E-state index contributed by atoms with van der Waals surface area (Å²) in [5, 5.41) is 3.80. The van der Waals surface area contributed by atoms with Crippen LogP contribution in [0.5, 0.6) is 0 Å². The third-order valence-corrected chi connectivity index (χ3v) is 10.3. The zero-order valence-electron chi connectivity index (χ0n) is 20.3. The number of thioether (sulfide) groups is 1. The van der Waals surface area contributed by atoms with Crippen LogP contribution < -0.4 is 15.1 Å². The number of aromatic nitrogens is 1. The van der Waals surface area contributed by atoms with Gasteiger partial charge in [-0.15, -0.1) is 11.3 Å². The molecule has 2 aromatic heterocycles. The van der Waals surface area contributed by atoms with E-state index in [4.69, 9.17) is 0 Å². The summed E-state index contributed by atoms with van der Waals surface area (Å²) < 4.78 is 42.8. The van der Waals surface area contributed by atoms with Crippen molar-refractivity contribution in [3.8, 4) is 0 Å². The Morgan fingerprint density at radius 1 is 0.925 bits per heavy atom. The molecule has 1 saturated heterocycles. The van der Waals surface area contributed by atoms with Gasteiger partial charge in [0.25, 0.3) is 0 Å². The molecule has 40 heavy (non-hydrogen) atoms. The number of fused-ring (bicyclic) bond motifs is 2. The molecule has 0 saturated carbocycles.